The minimum absolute atomic E-state index is 0.00890. The van der Waals surface area contributed by atoms with E-state index in [1.54, 1.807) is 0 Å². The van der Waals surface area contributed by atoms with E-state index in [1.165, 1.54) is 17.1 Å². The number of furan rings is 1. The van der Waals surface area contributed by atoms with Crippen LogP contribution in [0.3, 0.4) is 0 Å². The first-order valence-corrected chi connectivity index (χ1v) is 4.41. The van der Waals surface area contributed by atoms with Gasteiger partial charge < -0.3 is 19.6 Å². The Morgan fingerprint density at radius 1 is 1.65 bits per heavy atom. The standard InChI is InChI=1S/C8H6N4O5/c13-7(14)5-1-6(17-3-5)2-11-4-9-8(10-11)12(15)16/h1,3-4H,2H2,(H,13,14). The molecule has 0 saturated carbocycles. The van der Waals surface area contributed by atoms with Crippen LogP contribution in [0, 0.1) is 10.1 Å². The highest BCUT2D eigenvalue weighted by atomic mass is 16.6. The Labute approximate surface area is 93.4 Å². The normalized spacial score (nSPS) is 10.4. The number of carboxylic acid groups (broad SMARTS) is 1. The molecule has 1 N–H and O–H groups in total. The Morgan fingerprint density at radius 2 is 2.41 bits per heavy atom. The maximum atomic E-state index is 10.6. The van der Waals surface area contributed by atoms with E-state index < -0.39 is 16.8 Å². The zero-order chi connectivity index (χ0) is 12.4. The summed E-state index contributed by atoms with van der Waals surface area (Å²) in [6.07, 6.45) is 2.25. The summed E-state index contributed by atoms with van der Waals surface area (Å²) in [7, 11) is 0. The third-order valence-corrected chi connectivity index (χ3v) is 1.91. The number of carbonyl (C=O) groups is 1. The molecule has 2 rings (SSSR count). The fourth-order valence-corrected chi connectivity index (χ4v) is 1.18. The molecule has 0 aliphatic carbocycles. The van der Waals surface area contributed by atoms with E-state index in [0.717, 1.165) is 6.26 Å². The SMILES string of the molecule is O=C(O)c1coc(Cn2cnc([N+](=O)[O-])n2)c1. The van der Waals surface area contributed by atoms with Crippen molar-refractivity contribution in [3.63, 3.8) is 0 Å². The first-order chi connectivity index (χ1) is 8.06. The van der Waals surface area contributed by atoms with Crippen molar-refractivity contribution in [2.75, 3.05) is 0 Å². The molecular weight excluding hydrogens is 232 g/mol. The molecule has 9 nitrogen and oxygen atoms in total. The van der Waals surface area contributed by atoms with Crippen molar-refractivity contribution >= 4 is 11.9 Å². The smallest absolute Gasteiger partial charge is 0.478 e. The summed E-state index contributed by atoms with van der Waals surface area (Å²) >= 11 is 0. The van der Waals surface area contributed by atoms with Crippen molar-refractivity contribution in [3.05, 3.63) is 40.1 Å². The number of rotatable bonds is 4. The van der Waals surface area contributed by atoms with E-state index in [2.05, 4.69) is 10.1 Å². The number of aromatic carboxylic acids is 1. The van der Waals surface area contributed by atoms with Crippen LogP contribution in [-0.2, 0) is 6.54 Å². The minimum atomic E-state index is -1.11. The highest BCUT2D eigenvalue weighted by Gasteiger charge is 2.15. The molecule has 0 atom stereocenters. The van der Waals surface area contributed by atoms with Crippen LogP contribution in [0.25, 0.3) is 0 Å². The second kappa shape index (κ2) is 4.04. The minimum Gasteiger partial charge on any atom is -0.478 e. The van der Waals surface area contributed by atoms with Crippen LogP contribution in [0.15, 0.2) is 23.1 Å². The molecule has 2 heterocycles. The average molecular weight is 238 g/mol. The molecule has 17 heavy (non-hydrogen) atoms. The molecule has 88 valence electrons. The van der Waals surface area contributed by atoms with E-state index in [9.17, 15) is 14.9 Å². The van der Waals surface area contributed by atoms with E-state index in [0.29, 0.717) is 5.76 Å². The van der Waals surface area contributed by atoms with Gasteiger partial charge in [0.2, 0.25) is 6.33 Å². The van der Waals surface area contributed by atoms with Crippen molar-refractivity contribution in [2.24, 2.45) is 0 Å². The van der Waals surface area contributed by atoms with Crippen LogP contribution in [-0.4, -0.2) is 30.8 Å². The van der Waals surface area contributed by atoms with E-state index >= 15 is 0 Å². The van der Waals surface area contributed by atoms with Crippen molar-refractivity contribution in [2.45, 2.75) is 6.54 Å². The average Bonchev–Trinajstić information content (AvgIpc) is 2.87. The summed E-state index contributed by atoms with van der Waals surface area (Å²) in [6, 6.07) is 1.32. The second-order valence-corrected chi connectivity index (χ2v) is 3.11. The summed E-state index contributed by atoms with van der Waals surface area (Å²) in [5, 5.41) is 22.5. The summed E-state index contributed by atoms with van der Waals surface area (Å²) < 4.78 is 6.14. The van der Waals surface area contributed by atoms with Crippen LogP contribution < -0.4 is 0 Å². The predicted octanol–water partition coefficient (Wildman–Crippen LogP) is 0.526. The highest BCUT2D eigenvalue weighted by molar-refractivity contribution is 5.87. The lowest BCUT2D eigenvalue weighted by Gasteiger charge is -1.90. The Bertz CT molecular complexity index is 522. The lowest BCUT2D eigenvalue weighted by atomic mass is 10.3. The lowest BCUT2D eigenvalue weighted by Crippen LogP contribution is -2.00. The summed E-state index contributed by atoms with van der Waals surface area (Å²) in [5.74, 6) is -1.30. The zero-order valence-corrected chi connectivity index (χ0v) is 8.31. The van der Waals surface area contributed by atoms with E-state index in [1.807, 2.05) is 0 Å². The molecule has 0 fully saturated rings. The third kappa shape index (κ3) is 2.27. The zero-order valence-electron chi connectivity index (χ0n) is 8.31. The Hall–Kier alpha value is -2.71. The molecule has 0 bridgehead atoms. The molecular formula is C8H6N4O5. The van der Waals surface area contributed by atoms with Gasteiger partial charge in [0.25, 0.3) is 0 Å². The van der Waals surface area contributed by atoms with Gasteiger partial charge in [0, 0.05) is 5.10 Å². The van der Waals surface area contributed by atoms with Gasteiger partial charge in [0.05, 0.1) is 5.56 Å². The molecule has 9 heteroatoms. The molecule has 2 aromatic rings. The molecule has 2 aromatic heterocycles. The molecule has 0 saturated heterocycles. The first-order valence-electron chi connectivity index (χ1n) is 4.41. The highest BCUT2D eigenvalue weighted by Crippen LogP contribution is 2.10. The molecule has 0 spiro atoms. The summed E-state index contributed by atoms with van der Waals surface area (Å²) in [4.78, 5) is 23.6. The number of carboxylic acids is 1. The third-order valence-electron chi connectivity index (χ3n) is 1.91. The van der Waals surface area contributed by atoms with E-state index in [4.69, 9.17) is 9.52 Å². The van der Waals surface area contributed by atoms with Gasteiger partial charge in [-0.15, -0.1) is 0 Å². The van der Waals surface area contributed by atoms with Crippen LogP contribution in [0.4, 0.5) is 5.95 Å². The summed E-state index contributed by atoms with van der Waals surface area (Å²) in [5.41, 5.74) is 0.00890. The van der Waals surface area contributed by atoms with Gasteiger partial charge in [-0.25, -0.2) is 4.79 Å². The molecule has 0 aliphatic rings. The molecule has 0 aliphatic heterocycles. The van der Waals surface area contributed by atoms with Crippen LogP contribution in [0.1, 0.15) is 16.1 Å². The van der Waals surface area contributed by atoms with Gasteiger partial charge >= 0.3 is 11.9 Å². The number of aromatic nitrogens is 3. The van der Waals surface area contributed by atoms with Crippen LogP contribution >= 0.6 is 0 Å². The van der Waals surface area contributed by atoms with Crippen molar-refractivity contribution in [3.8, 4) is 0 Å². The molecule has 0 radical (unpaired) electrons. The van der Waals surface area contributed by atoms with Crippen LogP contribution in [0.5, 0.6) is 0 Å². The van der Waals surface area contributed by atoms with Crippen LogP contribution in [0.2, 0.25) is 0 Å². The van der Waals surface area contributed by atoms with Gasteiger partial charge in [0.15, 0.2) is 0 Å². The fourth-order valence-electron chi connectivity index (χ4n) is 1.18. The van der Waals surface area contributed by atoms with Gasteiger partial charge in [-0.1, -0.05) is 4.98 Å². The predicted molar refractivity (Wildman–Crippen MR) is 51.4 cm³/mol. The topological polar surface area (TPSA) is 124 Å². The maximum absolute atomic E-state index is 10.6. The number of hydrogen-bond donors (Lipinski definition) is 1. The largest absolute Gasteiger partial charge is 0.490 e. The Balaban J connectivity index is 2.13. The summed E-state index contributed by atoms with van der Waals surface area (Å²) in [6.45, 7) is 0.0775. The van der Waals surface area contributed by atoms with Crippen molar-refractivity contribution < 1.29 is 19.2 Å². The lowest BCUT2D eigenvalue weighted by molar-refractivity contribution is -0.394. The van der Waals surface area contributed by atoms with E-state index in [-0.39, 0.29) is 12.1 Å². The number of hydrogen-bond acceptors (Lipinski definition) is 6. The number of nitrogens with zero attached hydrogens (tertiary/aromatic N) is 4. The quantitative estimate of drug-likeness (QED) is 0.608. The number of nitro groups is 1. The maximum Gasteiger partial charge on any atom is 0.490 e. The second-order valence-electron chi connectivity index (χ2n) is 3.11. The van der Waals surface area contributed by atoms with Gasteiger partial charge in [-0.05, 0) is 11.0 Å². The first kappa shape index (κ1) is 10.8. The van der Waals surface area contributed by atoms with Crippen molar-refractivity contribution in [1.82, 2.24) is 14.8 Å². The Morgan fingerprint density at radius 3 is 2.94 bits per heavy atom. The van der Waals surface area contributed by atoms with Gasteiger partial charge in [0.1, 0.15) is 18.6 Å². The monoisotopic (exact) mass is 238 g/mol. The Kier molecular flexibility index (Phi) is 2.57. The molecule has 0 unspecified atom stereocenters. The van der Waals surface area contributed by atoms with Crippen molar-refractivity contribution in [1.29, 1.82) is 0 Å². The molecule has 0 aromatic carbocycles. The molecule has 0 amide bonds. The van der Waals surface area contributed by atoms with Gasteiger partial charge in [-0.3, -0.25) is 0 Å². The fraction of sp³-hybridized carbons (Fsp3) is 0.125. The van der Waals surface area contributed by atoms with Gasteiger partial charge in [-0.2, -0.15) is 4.68 Å².